The van der Waals surface area contributed by atoms with E-state index in [1.807, 2.05) is 0 Å². The van der Waals surface area contributed by atoms with Crippen LogP contribution >= 0.6 is 0 Å². The summed E-state index contributed by atoms with van der Waals surface area (Å²) in [6.07, 6.45) is 7.94. The Balaban J connectivity index is 1.86. The van der Waals surface area contributed by atoms with E-state index in [-0.39, 0.29) is 0 Å². The Morgan fingerprint density at radius 2 is 1.50 bits per heavy atom. The molecule has 0 bridgehead atoms. The van der Waals surface area contributed by atoms with E-state index in [1.165, 1.54) is 38.8 Å². The summed E-state index contributed by atoms with van der Waals surface area (Å²) in [4.78, 5) is 2.64. The fourth-order valence-corrected chi connectivity index (χ4v) is 2.32. The number of hydrogen-bond acceptors (Lipinski definition) is 1. The molecule has 1 heteroatoms. The molecule has 0 aromatic rings. The second-order valence-corrected chi connectivity index (χ2v) is 3.83. The average molecular weight is 163 g/mol. The van der Waals surface area contributed by atoms with Crippen molar-refractivity contribution in [3.63, 3.8) is 0 Å². The summed E-state index contributed by atoms with van der Waals surface area (Å²) < 4.78 is 0. The zero-order chi connectivity index (χ0) is 8.23. The normalized spacial score (nSPS) is 26.3. The van der Waals surface area contributed by atoms with Crippen LogP contribution in [0.2, 0.25) is 0 Å². The van der Waals surface area contributed by atoms with Crippen molar-refractivity contribution >= 4 is 0 Å². The van der Waals surface area contributed by atoms with Gasteiger partial charge in [-0.2, -0.15) is 0 Å². The van der Waals surface area contributed by atoms with Gasteiger partial charge < -0.3 is 0 Å². The predicted molar refractivity (Wildman–Crippen MR) is 50.8 cm³/mol. The molecule has 1 heterocycles. The average Bonchev–Trinajstić information content (AvgIpc) is 2.48. The summed E-state index contributed by atoms with van der Waals surface area (Å²) in [5, 5.41) is 0. The first-order valence-corrected chi connectivity index (χ1v) is 5.16. The first-order valence-electron chi connectivity index (χ1n) is 5.16. The SMILES string of the molecule is C1#CCCN(C2CCCC2)CC1. The highest BCUT2D eigenvalue weighted by molar-refractivity contribution is 5.02. The minimum atomic E-state index is 0.895. The van der Waals surface area contributed by atoms with Gasteiger partial charge in [0.25, 0.3) is 0 Å². The fraction of sp³-hybridized carbons (Fsp3) is 0.818. The molecule has 0 aromatic carbocycles. The van der Waals surface area contributed by atoms with Crippen LogP contribution in [0.15, 0.2) is 0 Å². The molecule has 1 aliphatic heterocycles. The van der Waals surface area contributed by atoms with Gasteiger partial charge in [0.1, 0.15) is 0 Å². The van der Waals surface area contributed by atoms with Crippen LogP contribution in [0.5, 0.6) is 0 Å². The Hall–Kier alpha value is -0.480. The van der Waals surface area contributed by atoms with E-state index in [1.54, 1.807) is 0 Å². The second-order valence-electron chi connectivity index (χ2n) is 3.83. The van der Waals surface area contributed by atoms with Gasteiger partial charge in [0, 0.05) is 32.0 Å². The molecule has 0 N–H and O–H groups in total. The zero-order valence-corrected chi connectivity index (χ0v) is 7.68. The van der Waals surface area contributed by atoms with Gasteiger partial charge >= 0.3 is 0 Å². The fourth-order valence-electron chi connectivity index (χ4n) is 2.32. The quantitative estimate of drug-likeness (QED) is 0.535. The standard InChI is InChI=1S/C11H17N/c1-2-6-10-12(9-5-1)11-7-3-4-8-11/h11H,3-10H2. The number of nitrogens with zero attached hydrogens (tertiary/aromatic N) is 1. The van der Waals surface area contributed by atoms with Crippen LogP contribution < -0.4 is 0 Å². The molecule has 0 atom stereocenters. The van der Waals surface area contributed by atoms with E-state index in [2.05, 4.69) is 16.7 Å². The lowest BCUT2D eigenvalue weighted by Crippen LogP contribution is -2.34. The van der Waals surface area contributed by atoms with E-state index < -0.39 is 0 Å². The first kappa shape index (κ1) is 8.13. The van der Waals surface area contributed by atoms with Crippen molar-refractivity contribution < 1.29 is 0 Å². The molecule has 12 heavy (non-hydrogen) atoms. The molecule has 0 amide bonds. The van der Waals surface area contributed by atoms with Crippen LogP contribution in [0.1, 0.15) is 38.5 Å². The molecular weight excluding hydrogens is 146 g/mol. The molecule has 0 spiro atoms. The molecule has 0 unspecified atom stereocenters. The van der Waals surface area contributed by atoms with E-state index in [4.69, 9.17) is 0 Å². The van der Waals surface area contributed by atoms with Crippen LogP contribution in [-0.4, -0.2) is 24.0 Å². The maximum Gasteiger partial charge on any atom is 0.0217 e. The molecule has 0 saturated heterocycles. The monoisotopic (exact) mass is 163 g/mol. The van der Waals surface area contributed by atoms with E-state index >= 15 is 0 Å². The van der Waals surface area contributed by atoms with Crippen molar-refractivity contribution in [2.24, 2.45) is 0 Å². The predicted octanol–water partition coefficient (Wildman–Crippen LogP) is 2.03. The smallest absolute Gasteiger partial charge is 0.0217 e. The number of hydrogen-bond donors (Lipinski definition) is 0. The van der Waals surface area contributed by atoms with E-state index in [9.17, 15) is 0 Å². The third-order valence-electron chi connectivity index (χ3n) is 3.01. The summed E-state index contributed by atoms with van der Waals surface area (Å²) in [5.41, 5.74) is 0. The van der Waals surface area contributed by atoms with Gasteiger partial charge in [0.2, 0.25) is 0 Å². The van der Waals surface area contributed by atoms with Gasteiger partial charge in [0.05, 0.1) is 0 Å². The highest BCUT2D eigenvalue weighted by Crippen LogP contribution is 2.23. The summed E-state index contributed by atoms with van der Waals surface area (Å²) in [7, 11) is 0. The van der Waals surface area contributed by atoms with Crippen molar-refractivity contribution in [3.05, 3.63) is 0 Å². The highest BCUT2D eigenvalue weighted by atomic mass is 15.2. The second kappa shape index (κ2) is 3.96. The van der Waals surface area contributed by atoms with Crippen molar-refractivity contribution in [3.8, 4) is 11.8 Å². The molecule has 1 saturated carbocycles. The largest absolute Gasteiger partial charge is 0.298 e. The molecule has 1 aliphatic carbocycles. The molecule has 1 nitrogen and oxygen atoms in total. The minimum Gasteiger partial charge on any atom is -0.298 e. The third-order valence-corrected chi connectivity index (χ3v) is 3.01. The lowest BCUT2D eigenvalue weighted by Gasteiger charge is -2.26. The van der Waals surface area contributed by atoms with Crippen molar-refractivity contribution in [1.29, 1.82) is 0 Å². The van der Waals surface area contributed by atoms with Crippen molar-refractivity contribution in [2.45, 2.75) is 44.6 Å². The molecule has 66 valence electrons. The Labute approximate surface area is 75.1 Å². The van der Waals surface area contributed by atoms with E-state index in [0.29, 0.717) is 0 Å². The molecule has 1 fully saturated rings. The summed E-state index contributed by atoms with van der Waals surface area (Å²) in [6.45, 7) is 2.44. The van der Waals surface area contributed by atoms with Crippen LogP contribution in [-0.2, 0) is 0 Å². The maximum absolute atomic E-state index is 3.21. The lowest BCUT2D eigenvalue weighted by atomic mass is 10.2. The molecule has 0 aromatic heterocycles. The van der Waals surface area contributed by atoms with Crippen LogP contribution in [0.25, 0.3) is 0 Å². The van der Waals surface area contributed by atoms with Crippen LogP contribution in [0, 0.1) is 11.8 Å². The topological polar surface area (TPSA) is 3.24 Å². The maximum atomic E-state index is 3.21. The Kier molecular flexibility index (Phi) is 2.68. The number of rotatable bonds is 1. The molecule has 2 aliphatic rings. The molecule has 0 radical (unpaired) electrons. The summed E-state index contributed by atoms with van der Waals surface area (Å²) in [5.74, 6) is 6.42. The Morgan fingerprint density at radius 3 is 2.08 bits per heavy atom. The van der Waals surface area contributed by atoms with Crippen LogP contribution in [0.3, 0.4) is 0 Å². The van der Waals surface area contributed by atoms with E-state index in [0.717, 1.165) is 18.9 Å². The first-order chi connectivity index (χ1) is 5.97. The molecular formula is C11H17N. The summed E-state index contributed by atoms with van der Waals surface area (Å²) >= 11 is 0. The van der Waals surface area contributed by atoms with Gasteiger partial charge in [-0.05, 0) is 12.8 Å². The zero-order valence-electron chi connectivity index (χ0n) is 7.68. The van der Waals surface area contributed by atoms with Crippen molar-refractivity contribution in [2.75, 3.05) is 13.1 Å². The van der Waals surface area contributed by atoms with Gasteiger partial charge in [-0.3, -0.25) is 4.90 Å². The van der Waals surface area contributed by atoms with Crippen molar-refractivity contribution in [1.82, 2.24) is 4.90 Å². The van der Waals surface area contributed by atoms with Gasteiger partial charge in [-0.25, -0.2) is 0 Å². The Morgan fingerprint density at radius 1 is 0.917 bits per heavy atom. The molecule has 2 rings (SSSR count). The van der Waals surface area contributed by atoms with Gasteiger partial charge in [-0.15, -0.1) is 11.8 Å². The van der Waals surface area contributed by atoms with Gasteiger partial charge in [0.15, 0.2) is 0 Å². The van der Waals surface area contributed by atoms with Gasteiger partial charge in [-0.1, -0.05) is 12.8 Å². The minimum absolute atomic E-state index is 0.895. The summed E-state index contributed by atoms with van der Waals surface area (Å²) in [6, 6.07) is 0.895. The van der Waals surface area contributed by atoms with Crippen LogP contribution in [0.4, 0.5) is 0 Å². The lowest BCUT2D eigenvalue weighted by molar-refractivity contribution is 0.210. The highest BCUT2D eigenvalue weighted by Gasteiger charge is 2.21. The third kappa shape index (κ3) is 1.81. The Bertz CT molecular complexity index is 181.